The molecule has 0 aliphatic rings. The molecular weight excluding hydrogens is 228 g/mol. The van der Waals surface area contributed by atoms with E-state index in [1.54, 1.807) is 11.3 Å². The molecule has 0 spiro atoms. The van der Waals surface area contributed by atoms with E-state index in [0.29, 0.717) is 0 Å². The van der Waals surface area contributed by atoms with E-state index in [-0.39, 0.29) is 0 Å². The van der Waals surface area contributed by atoms with Gasteiger partial charge < -0.3 is 0 Å². The third-order valence-electron chi connectivity index (χ3n) is 2.06. The van der Waals surface area contributed by atoms with E-state index in [2.05, 4.69) is 22.1 Å². The number of nitrogens with zero attached hydrogens (tertiary/aromatic N) is 2. The van der Waals surface area contributed by atoms with Gasteiger partial charge in [0.15, 0.2) is 0 Å². The van der Waals surface area contributed by atoms with Crippen LogP contribution >= 0.6 is 11.3 Å². The molecule has 0 unspecified atom stereocenters. The molecule has 0 saturated heterocycles. The predicted octanol–water partition coefficient (Wildman–Crippen LogP) is 5.26. The van der Waals surface area contributed by atoms with Gasteiger partial charge in [0, 0.05) is 12.4 Å². The van der Waals surface area contributed by atoms with Crippen LogP contribution in [0, 0.1) is 0 Å². The molecule has 17 heavy (non-hydrogen) atoms. The predicted molar refractivity (Wildman–Crippen MR) is 81.4 cm³/mol. The van der Waals surface area contributed by atoms with Crippen LogP contribution in [0.2, 0.25) is 0 Å². The van der Waals surface area contributed by atoms with Crippen molar-refractivity contribution < 1.29 is 0 Å². The smallest absolute Gasteiger partial charge is 0.107 e. The van der Waals surface area contributed by atoms with Gasteiger partial charge >= 0.3 is 0 Å². The number of thiophene rings is 1. The molecule has 0 atom stereocenters. The number of aliphatic imine (C=N–C) groups is 2. The molecule has 0 aliphatic heterocycles. The Morgan fingerprint density at radius 2 is 1.18 bits per heavy atom. The van der Waals surface area contributed by atoms with Crippen LogP contribution in [-0.4, -0.2) is 12.4 Å². The third kappa shape index (κ3) is 3.24. The first-order valence-corrected chi connectivity index (χ1v) is 6.49. The van der Waals surface area contributed by atoms with Gasteiger partial charge in [-0.05, 0) is 39.8 Å². The molecule has 1 heterocycles. The van der Waals surface area contributed by atoms with E-state index < -0.39 is 0 Å². The summed E-state index contributed by atoms with van der Waals surface area (Å²) in [6.07, 6.45) is 11.8. The topological polar surface area (TPSA) is 24.7 Å². The maximum atomic E-state index is 4.43. The fourth-order valence-corrected chi connectivity index (χ4v) is 2.62. The van der Waals surface area contributed by atoms with Crippen molar-refractivity contribution in [3.63, 3.8) is 0 Å². The van der Waals surface area contributed by atoms with Crippen molar-refractivity contribution in [2.75, 3.05) is 0 Å². The molecule has 1 aromatic heterocycles. The Hall–Kier alpha value is -1.48. The van der Waals surface area contributed by atoms with E-state index in [4.69, 9.17) is 0 Å². The SMILES string of the molecule is C/C=C\c1sc(/C=C\C)c(/N=C\C)c1/N=C\C. The molecule has 0 radical (unpaired) electrons. The molecule has 3 heteroatoms. The second-order valence-electron chi connectivity index (χ2n) is 3.30. The molecule has 0 bridgehead atoms. The van der Waals surface area contributed by atoms with E-state index >= 15 is 0 Å². The van der Waals surface area contributed by atoms with Gasteiger partial charge in [-0.2, -0.15) is 0 Å². The molecule has 90 valence electrons. The summed E-state index contributed by atoms with van der Waals surface area (Å²) in [4.78, 5) is 11.2. The maximum Gasteiger partial charge on any atom is 0.107 e. The largest absolute Gasteiger partial charge is 0.258 e. The fraction of sp³-hybridized carbons (Fsp3) is 0.286. The summed E-state index contributed by atoms with van der Waals surface area (Å²) < 4.78 is 0. The van der Waals surface area contributed by atoms with Crippen molar-refractivity contribution in [2.24, 2.45) is 9.98 Å². The van der Waals surface area contributed by atoms with Gasteiger partial charge in [-0.15, -0.1) is 11.3 Å². The molecule has 0 fully saturated rings. The quantitative estimate of drug-likeness (QED) is 0.647. The summed E-state index contributed by atoms with van der Waals surface area (Å²) in [5.74, 6) is 0. The van der Waals surface area contributed by atoms with Crippen molar-refractivity contribution in [3.05, 3.63) is 21.9 Å². The van der Waals surface area contributed by atoms with Crippen LogP contribution in [0.1, 0.15) is 37.4 Å². The van der Waals surface area contributed by atoms with Gasteiger partial charge in [0.1, 0.15) is 11.4 Å². The van der Waals surface area contributed by atoms with Crippen LogP contribution < -0.4 is 0 Å². The molecule has 0 saturated carbocycles. The van der Waals surface area contributed by atoms with Gasteiger partial charge in [-0.3, -0.25) is 9.98 Å². The lowest BCUT2D eigenvalue weighted by Gasteiger charge is -1.95. The first-order valence-electron chi connectivity index (χ1n) is 5.68. The zero-order valence-corrected chi connectivity index (χ0v) is 11.6. The second kappa shape index (κ2) is 6.97. The first kappa shape index (κ1) is 13.6. The highest BCUT2D eigenvalue weighted by Gasteiger charge is 2.13. The Kier molecular flexibility index (Phi) is 5.57. The lowest BCUT2D eigenvalue weighted by molar-refractivity contribution is 1.49. The summed E-state index contributed by atoms with van der Waals surface area (Å²) in [5.41, 5.74) is 1.92. The second-order valence-corrected chi connectivity index (χ2v) is 4.39. The Morgan fingerprint density at radius 3 is 1.47 bits per heavy atom. The molecule has 0 N–H and O–H groups in total. The standard InChI is InChI=1S/C14H18N2S/c1-5-9-11-13(15-7-3)14(16-8-4)12(17-11)10-6-2/h5-10H,1-4H3/b9-5-,10-6-,15-7-,16-8-. The van der Waals surface area contributed by atoms with Crippen LogP contribution in [-0.2, 0) is 0 Å². The van der Waals surface area contributed by atoms with Crippen LogP contribution in [0.3, 0.4) is 0 Å². The minimum atomic E-state index is 0.960. The Balaban J connectivity index is 3.47. The molecule has 0 aromatic carbocycles. The molecular formula is C14H18N2S. The molecule has 1 aromatic rings. The van der Waals surface area contributed by atoms with Crippen molar-refractivity contribution in [2.45, 2.75) is 27.7 Å². The third-order valence-corrected chi connectivity index (χ3v) is 3.16. The average Bonchev–Trinajstić information content (AvgIpc) is 2.61. The minimum absolute atomic E-state index is 0.960. The summed E-state index contributed by atoms with van der Waals surface area (Å²) in [6.45, 7) is 7.87. The number of hydrogen-bond acceptors (Lipinski definition) is 3. The highest BCUT2D eigenvalue weighted by atomic mass is 32.1. The summed E-state index contributed by atoms with van der Waals surface area (Å²) >= 11 is 1.71. The maximum absolute atomic E-state index is 4.43. The van der Waals surface area contributed by atoms with E-state index in [1.807, 2.05) is 52.3 Å². The summed E-state index contributed by atoms with van der Waals surface area (Å²) in [7, 11) is 0. The van der Waals surface area contributed by atoms with Gasteiger partial charge in [0.25, 0.3) is 0 Å². The highest BCUT2D eigenvalue weighted by molar-refractivity contribution is 7.15. The van der Waals surface area contributed by atoms with E-state index in [0.717, 1.165) is 21.1 Å². The van der Waals surface area contributed by atoms with Crippen molar-refractivity contribution >= 4 is 47.3 Å². The number of rotatable bonds is 4. The molecule has 0 amide bonds. The Bertz CT molecular complexity index is 434. The van der Waals surface area contributed by atoms with Gasteiger partial charge in [-0.25, -0.2) is 0 Å². The van der Waals surface area contributed by atoms with Gasteiger partial charge in [0.2, 0.25) is 0 Å². The van der Waals surface area contributed by atoms with Crippen LogP contribution in [0.5, 0.6) is 0 Å². The normalized spacial score (nSPS) is 12.9. The zero-order chi connectivity index (χ0) is 12.7. The molecule has 2 nitrogen and oxygen atoms in total. The van der Waals surface area contributed by atoms with Gasteiger partial charge in [-0.1, -0.05) is 12.2 Å². The lowest BCUT2D eigenvalue weighted by atomic mass is 10.2. The Labute approximate surface area is 107 Å². The fourth-order valence-electron chi connectivity index (χ4n) is 1.48. The number of allylic oxidation sites excluding steroid dienone is 2. The molecule has 1 rings (SSSR count). The average molecular weight is 246 g/mol. The first-order chi connectivity index (χ1) is 8.28. The lowest BCUT2D eigenvalue weighted by Crippen LogP contribution is -1.69. The highest BCUT2D eigenvalue weighted by Crippen LogP contribution is 2.43. The molecule has 0 aliphatic carbocycles. The summed E-state index contributed by atoms with van der Waals surface area (Å²) in [5, 5.41) is 0. The number of hydrogen-bond donors (Lipinski definition) is 0. The van der Waals surface area contributed by atoms with Crippen LogP contribution in [0.25, 0.3) is 12.2 Å². The Morgan fingerprint density at radius 1 is 0.765 bits per heavy atom. The van der Waals surface area contributed by atoms with Crippen LogP contribution in [0.15, 0.2) is 22.1 Å². The summed E-state index contributed by atoms with van der Waals surface area (Å²) in [6, 6.07) is 0. The van der Waals surface area contributed by atoms with Crippen LogP contribution in [0.4, 0.5) is 11.4 Å². The van der Waals surface area contributed by atoms with E-state index in [1.165, 1.54) is 0 Å². The zero-order valence-electron chi connectivity index (χ0n) is 10.8. The van der Waals surface area contributed by atoms with E-state index in [9.17, 15) is 0 Å². The van der Waals surface area contributed by atoms with Crippen molar-refractivity contribution in [3.8, 4) is 0 Å². The van der Waals surface area contributed by atoms with Crippen molar-refractivity contribution in [1.29, 1.82) is 0 Å². The monoisotopic (exact) mass is 246 g/mol. The van der Waals surface area contributed by atoms with Crippen molar-refractivity contribution in [1.82, 2.24) is 0 Å². The minimum Gasteiger partial charge on any atom is -0.258 e. The van der Waals surface area contributed by atoms with Gasteiger partial charge in [0.05, 0.1) is 9.75 Å².